The highest BCUT2D eigenvalue weighted by atomic mass is 16.2. The molecule has 4 aliphatic rings. The van der Waals surface area contributed by atoms with E-state index >= 15 is 0 Å². The maximum atomic E-state index is 13.1. The van der Waals surface area contributed by atoms with E-state index in [-0.39, 0.29) is 5.92 Å². The molecular formula is C24H37N5O. The third kappa shape index (κ3) is 4.34. The topological polar surface area (TPSA) is 52.6 Å². The van der Waals surface area contributed by atoms with Gasteiger partial charge in [0.2, 0.25) is 11.9 Å². The number of amides is 1. The van der Waals surface area contributed by atoms with Gasteiger partial charge in [-0.05, 0) is 37.7 Å². The number of hydrogen-bond acceptors (Lipinski definition) is 5. The van der Waals surface area contributed by atoms with Crippen molar-refractivity contribution in [2.45, 2.75) is 76.7 Å². The second-order valence-corrected chi connectivity index (χ2v) is 9.76. The molecule has 2 aliphatic heterocycles. The zero-order valence-electron chi connectivity index (χ0n) is 18.4. The lowest BCUT2D eigenvalue weighted by Crippen LogP contribution is -2.52. The van der Waals surface area contributed by atoms with Crippen molar-refractivity contribution < 1.29 is 4.79 Å². The van der Waals surface area contributed by atoms with E-state index in [2.05, 4.69) is 14.7 Å². The summed E-state index contributed by atoms with van der Waals surface area (Å²) >= 11 is 0. The molecular weight excluding hydrogens is 374 g/mol. The van der Waals surface area contributed by atoms with Crippen molar-refractivity contribution in [1.29, 1.82) is 0 Å². The van der Waals surface area contributed by atoms with Gasteiger partial charge in [-0.1, -0.05) is 32.1 Å². The smallest absolute Gasteiger partial charge is 0.225 e. The number of piperazine rings is 1. The van der Waals surface area contributed by atoms with Crippen LogP contribution in [0, 0.1) is 5.92 Å². The maximum absolute atomic E-state index is 13.1. The average Bonchev–Trinajstić information content (AvgIpc) is 3.13. The van der Waals surface area contributed by atoms with Gasteiger partial charge in [-0.15, -0.1) is 0 Å². The predicted octanol–water partition coefficient (Wildman–Crippen LogP) is 3.05. The van der Waals surface area contributed by atoms with Crippen molar-refractivity contribution in [2.24, 2.45) is 5.92 Å². The zero-order valence-corrected chi connectivity index (χ0v) is 18.4. The molecule has 2 saturated carbocycles. The Morgan fingerprint density at radius 1 is 0.833 bits per heavy atom. The molecule has 6 heteroatoms. The lowest BCUT2D eigenvalue weighted by atomic mass is 9.91. The largest absolute Gasteiger partial charge is 0.342 e. The van der Waals surface area contributed by atoms with Gasteiger partial charge in [0.05, 0.1) is 5.69 Å². The second kappa shape index (κ2) is 9.21. The molecule has 1 saturated heterocycles. The molecule has 1 aromatic heterocycles. The van der Waals surface area contributed by atoms with Crippen LogP contribution in [0.15, 0.2) is 6.20 Å². The van der Waals surface area contributed by atoms with E-state index in [9.17, 15) is 4.79 Å². The summed E-state index contributed by atoms with van der Waals surface area (Å²) in [4.78, 5) is 30.0. The number of carbonyl (C=O) groups is 1. The Balaban J connectivity index is 1.20. The van der Waals surface area contributed by atoms with Crippen LogP contribution in [0.25, 0.3) is 0 Å². The van der Waals surface area contributed by atoms with Gasteiger partial charge in [-0.3, -0.25) is 9.69 Å². The highest BCUT2D eigenvalue weighted by Gasteiger charge is 2.30. The minimum atomic E-state index is 0.252. The summed E-state index contributed by atoms with van der Waals surface area (Å²) in [5.74, 6) is 1.54. The number of aromatic nitrogens is 2. The molecule has 1 aromatic rings. The van der Waals surface area contributed by atoms with Gasteiger partial charge in [-0.2, -0.15) is 0 Å². The first kappa shape index (κ1) is 20.2. The first-order valence-corrected chi connectivity index (χ1v) is 12.4. The van der Waals surface area contributed by atoms with Crippen LogP contribution in [0.2, 0.25) is 0 Å². The average molecular weight is 412 g/mol. The van der Waals surface area contributed by atoms with Gasteiger partial charge in [0, 0.05) is 63.8 Å². The number of rotatable bonds is 3. The molecule has 6 nitrogen and oxygen atoms in total. The van der Waals surface area contributed by atoms with Gasteiger partial charge < -0.3 is 9.80 Å². The van der Waals surface area contributed by atoms with E-state index in [1.54, 1.807) is 0 Å². The van der Waals surface area contributed by atoms with E-state index in [1.165, 1.54) is 50.5 Å². The Bertz CT molecular complexity index is 733. The summed E-state index contributed by atoms with van der Waals surface area (Å²) in [6, 6.07) is 0.831. The van der Waals surface area contributed by atoms with Crippen molar-refractivity contribution in [3.8, 4) is 0 Å². The van der Waals surface area contributed by atoms with E-state index in [1.807, 2.05) is 6.20 Å². The van der Waals surface area contributed by atoms with E-state index in [0.29, 0.717) is 5.91 Å². The molecule has 3 fully saturated rings. The Labute approximate surface area is 181 Å². The van der Waals surface area contributed by atoms with Crippen LogP contribution in [0.5, 0.6) is 0 Å². The summed E-state index contributed by atoms with van der Waals surface area (Å²) in [5, 5.41) is 0. The Morgan fingerprint density at radius 3 is 2.27 bits per heavy atom. The molecule has 30 heavy (non-hydrogen) atoms. The van der Waals surface area contributed by atoms with Crippen LogP contribution in [0.4, 0.5) is 5.95 Å². The zero-order chi connectivity index (χ0) is 20.3. The molecule has 164 valence electrons. The Morgan fingerprint density at radius 2 is 1.57 bits per heavy atom. The Hall–Kier alpha value is -1.69. The highest BCUT2D eigenvalue weighted by molar-refractivity contribution is 5.79. The molecule has 0 unspecified atom stereocenters. The third-order valence-electron chi connectivity index (χ3n) is 7.92. The fraction of sp³-hybridized carbons (Fsp3) is 0.792. The lowest BCUT2D eigenvalue weighted by Gasteiger charge is -2.43. The standard InChI is InChI=1S/C24H37N5O/c30-23(19-6-3-1-2-4-7-19)28-12-10-20-18-25-24(26-22(20)11-13-28)29-16-14-27(15-17-29)21-8-5-9-21/h18-19,21H,1-17H2. The minimum Gasteiger partial charge on any atom is -0.342 e. The summed E-state index contributed by atoms with van der Waals surface area (Å²) in [7, 11) is 0. The number of nitrogens with zero attached hydrogens (tertiary/aromatic N) is 5. The molecule has 0 radical (unpaired) electrons. The lowest BCUT2D eigenvalue weighted by molar-refractivity contribution is -0.135. The molecule has 1 amide bonds. The number of hydrogen-bond donors (Lipinski definition) is 0. The molecule has 5 rings (SSSR count). The first-order chi connectivity index (χ1) is 14.8. The van der Waals surface area contributed by atoms with Crippen molar-refractivity contribution >= 4 is 11.9 Å². The second-order valence-electron chi connectivity index (χ2n) is 9.76. The normalized spacial score (nSPS) is 24.7. The summed E-state index contributed by atoms with van der Waals surface area (Å²) in [6.45, 7) is 5.96. The van der Waals surface area contributed by atoms with Gasteiger partial charge >= 0.3 is 0 Å². The molecule has 2 aliphatic carbocycles. The van der Waals surface area contributed by atoms with Crippen LogP contribution in [0.3, 0.4) is 0 Å². The summed E-state index contributed by atoms with van der Waals surface area (Å²) in [6.07, 6.45) is 15.1. The molecule has 0 spiro atoms. The molecule has 0 bridgehead atoms. The van der Waals surface area contributed by atoms with Gasteiger partial charge in [-0.25, -0.2) is 9.97 Å². The van der Waals surface area contributed by atoms with Crippen LogP contribution in [-0.2, 0) is 17.6 Å². The monoisotopic (exact) mass is 411 g/mol. The minimum absolute atomic E-state index is 0.252. The van der Waals surface area contributed by atoms with Gasteiger partial charge in [0.15, 0.2) is 0 Å². The predicted molar refractivity (Wildman–Crippen MR) is 119 cm³/mol. The third-order valence-corrected chi connectivity index (χ3v) is 7.92. The van der Waals surface area contributed by atoms with Crippen molar-refractivity contribution in [3.63, 3.8) is 0 Å². The molecule has 0 atom stereocenters. The van der Waals surface area contributed by atoms with Crippen LogP contribution >= 0.6 is 0 Å². The SMILES string of the molecule is O=C(C1CCCCCC1)N1CCc2cnc(N3CCN(C4CCC4)CC3)nc2CC1. The molecule has 0 aromatic carbocycles. The van der Waals surface area contributed by atoms with Crippen LogP contribution in [0.1, 0.15) is 69.0 Å². The molecule has 3 heterocycles. The Kier molecular flexibility index (Phi) is 6.21. The summed E-state index contributed by atoms with van der Waals surface area (Å²) < 4.78 is 0. The summed E-state index contributed by atoms with van der Waals surface area (Å²) in [5.41, 5.74) is 2.40. The molecule has 0 N–H and O–H groups in total. The van der Waals surface area contributed by atoms with Gasteiger partial charge in [0.1, 0.15) is 0 Å². The van der Waals surface area contributed by atoms with Crippen molar-refractivity contribution in [1.82, 2.24) is 19.8 Å². The number of carbonyl (C=O) groups excluding carboxylic acids is 1. The van der Waals surface area contributed by atoms with Crippen LogP contribution < -0.4 is 4.90 Å². The first-order valence-electron chi connectivity index (χ1n) is 12.4. The van der Waals surface area contributed by atoms with E-state index in [0.717, 1.165) is 82.6 Å². The number of fused-ring (bicyclic) bond motifs is 1. The van der Waals surface area contributed by atoms with Gasteiger partial charge in [0.25, 0.3) is 0 Å². The maximum Gasteiger partial charge on any atom is 0.225 e. The van der Waals surface area contributed by atoms with E-state index < -0.39 is 0 Å². The van der Waals surface area contributed by atoms with Crippen LogP contribution in [-0.4, -0.2) is 71.0 Å². The van der Waals surface area contributed by atoms with E-state index in [4.69, 9.17) is 9.97 Å². The quantitative estimate of drug-likeness (QED) is 0.716. The highest BCUT2D eigenvalue weighted by Crippen LogP contribution is 2.28. The number of anilines is 1. The fourth-order valence-corrected chi connectivity index (χ4v) is 5.66. The van der Waals surface area contributed by atoms with Crippen molar-refractivity contribution in [2.75, 3.05) is 44.2 Å². The fourth-order valence-electron chi connectivity index (χ4n) is 5.66. The van der Waals surface area contributed by atoms with Crippen molar-refractivity contribution in [3.05, 3.63) is 17.5 Å².